The third kappa shape index (κ3) is 5.42. The number of hydroxylamine groups is 2. The van der Waals surface area contributed by atoms with Crippen LogP contribution in [-0.4, -0.2) is 61.2 Å². The van der Waals surface area contributed by atoms with Gasteiger partial charge in [0.05, 0.1) is 18.7 Å². The molecule has 6 aliphatic rings. The van der Waals surface area contributed by atoms with Crippen LogP contribution in [0, 0.1) is 57.2 Å². The normalized spacial score (nSPS) is 40.3. The summed E-state index contributed by atoms with van der Waals surface area (Å²) in [5, 5.41) is 1.51. The predicted octanol–water partition coefficient (Wildman–Crippen LogP) is 7.11. The molecule has 1 aliphatic heterocycles. The number of nitrogens with zero attached hydrogens (tertiary/aromatic N) is 1. The molecule has 51 heavy (non-hydrogen) atoms. The van der Waals surface area contributed by atoms with Crippen molar-refractivity contribution in [2.45, 2.75) is 99.2 Å². The topological polar surface area (TPSA) is 108 Å². The van der Waals surface area contributed by atoms with Gasteiger partial charge in [0.1, 0.15) is 11.9 Å². The second-order valence-electron chi connectivity index (χ2n) is 17.4. The van der Waals surface area contributed by atoms with Crippen LogP contribution in [0.1, 0.15) is 97.3 Å². The van der Waals surface area contributed by atoms with Crippen molar-refractivity contribution in [1.82, 2.24) is 5.06 Å². The Bertz CT molecular complexity index is 1670. The van der Waals surface area contributed by atoms with Gasteiger partial charge in [-0.2, -0.15) is 0 Å². The smallest absolute Gasteiger partial charge is 0.357 e. The maximum absolute atomic E-state index is 12.9. The van der Waals surface area contributed by atoms with Crippen molar-refractivity contribution in [3.05, 3.63) is 59.4 Å². The van der Waals surface area contributed by atoms with Crippen LogP contribution in [-0.2, 0) is 33.4 Å². The Morgan fingerprint density at radius 3 is 2.43 bits per heavy atom. The lowest BCUT2D eigenvalue weighted by molar-refractivity contribution is -0.162. The zero-order valence-electron chi connectivity index (χ0n) is 31.5. The van der Waals surface area contributed by atoms with E-state index in [1.165, 1.54) is 18.9 Å². The van der Waals surface area contributed by atoms with Crippen LogP contribution in [0.25, 0.3) is 0 Å². The zero-order valence-corrected chi connectivity index (χ0v) is 31.5. The second kappa shape index (κ2) is 12.6. The summed E-state index contributed by atoms with van der Waals surface area (Å²) in [6.07, 6.45) is 9.10. The van der Waals surface area contributed by atoms with Gasteiger partial charge in [-0.15, -0.1) is 5.06 Å². The second-order valence-corrected chi connectivity index (χ2v) is 17.4. The van der Waals surface area contributed by atoms with E-state index in [2.05, 4.69) is 40.7 Å². The Morgan fingerprint density at radius 1 is 1.02 bits per heavy atom. The molecule has 12 atom stereocenters. The minimum Gasteiger partial charge on any atom is -0.493 e. The number of allylic oxidation sites excluding steroid dienone is 2. The van der Waals surface area contributed by atoms with E-state index in [0.717, 1.165) is 44.1 Å². The van der Waals surface area contributed by atoms with Crippen molar-refractivity contribution in [1.29, 1.82) is 0 Å². The van der Waals surface area contributed by atoms with Crippen molar-refractivity contribution in [3.8, 4) is 0 Å². The highest BCUT2D eigenvalue weighted by Crippen LogP contribution is 2.87. The first kappa shape index (κ1) is 35.9. The molecule has 0 bridgehead atoms. The molecular weight excluding hydrogens is 646 g/mol. The average molecular weight is 702 g/mol. The Balaban J connectivity index is 1.21. The van der Waals surface area contributed by atoms with E-state index in [4.69, 9.17) is 19.0 Å². The molecule has 1 aromatic carbocycles. The molecule has 276 valence electrons. The fourth-order valence-electron chi connectivity index (χ4n) is 12.6. The Labute approximate surface area is 302 Å². The first-order valence-electron chi connectivity index (χ1n) is 19.0. The summed E-state index contributed by atoms with van der Waals surface area (Å²) in [6, 6.07) is 8.86. The monoisotopic (exact) mass is 701 g/mol. The summed E-state index contributed by atoms with van der Waals surface area (Å²) in [5.41, 5.74) is 1.26. The Hall–Kier alpha value is -3.46. The minimum atomic E-state index is -0.713. The van der Waals surface area contributed by atoms with Crippen LogP contribution >= 0.6 is 0 Å². The van der Waals surface area contributed by atoms with Gasteiger partial charge in [-0.1, -0.05) is 58.9 Å². The van der Waals surface area contributed by atoms with Crippen LogP contribution in [0.4, 0.5) is 0 Å². The molecule has 4 saturated carbocycles. The highest BCUT2D eigenvalue weighted by molar-refractivity contribution is 5.93. The molecule has 0 saturated heterocycles. The number of carbonyl (C=O) groups is 4. The number of ketones is 1. The van der Waals surface area contributed by atoms with Crippen molar-refractivity contribution in [2.75, 3.05) is 20.2 Å². The van der Waals surface area contributed by atoms with Gasteiger partial charge >= 0.3 is 17.9 Å². The van der Waals surface area contributed by atoms with E-state index in [9.17, 15) is 19.2 Å². The highest BCUT2D eigenvalue weighted by atomic mass is 16.7. The summed E-state index contributed by atoms with van der Waals surface area (Å²) in [5.74, 6) is 0.233. The van der Waals surface area contributed by atoms with Crippen LogP contribution in [0.15, 0.2) is 53.8 Å². The summed E-state index contributed by atoms with van der Waals surface area (Å²) in [4.78, 5) is 57.0. The molecule has 4 fully saturated rings. The summed E-state index contributed by atoms with van der Waals surface area (Å²) >= 11 is 0. The number of benzene rings is 1. The standard InChI is InChI=1S/C42H55NO8/c1-24-22-48-37(30(24)21-43(8)51-38(47)29-12-10-9-11-13-29)36(50-28(5)45)26(3)35-33(49-27(4)44)20-40(7)34-15-14-31-25(2)32(46)16-17-41(31)23-42(34,41)19-18-39(35,40)6/h9-13,16-17,24-26,31,33-36H,14-15,18-23H2,1-8H3/t24?,25-,26?,31-,33-,34-,35-,36+,39+,40-,41?,42?/m0/s1. The number of fused-ring (bicyclic) bond motifs is 2. The molecule has 0 aromatic heterocycles. The van der Waals surface area contributed by atoms with Crippen molar-refractivity contribution in [3.63, 3.8) is 0 Å². The van der Waals surface area contributed by atoms with Crippen LogP contribution in [0.2, 0.25) is 0 Å². The number of hydrogen-bond acceptors (Lipinski definition) is 9. The van der Waals surface area contributed by atoms with Gasteiger partial charge in [0.25, 0.3) is 0 Å². The molecule has 2 spiro atoms. The zero-order chi connectivity index (χ0) is 36.7. The van der Waals surface area contributed by atoms with Gasteiger partial charge in [0.2, 0.25) is 0 Å². The lowest BCUT2D eigenvalue weighted by Gasteiger charge is -2.61. The fourth-order valence-corrected chi connectivity index (χ4v) is 12.6. The maximum atomic E-state index is 12.9. The van der Waals surface area contributed by atoms with E-state index in [0.29, 0.717) is 29.8 Å². The Kier molecular flexibility index (Phi) is 8.87. The van der Waals surface area contributed by atoms with E-state index < -0.39 is 18.0 Å². The lowest BCUT2D eigenvalue weighted by Crippen LogP contribution is -2.55. The Morgan fingerprint density at radius 2 is 1.75 bits per heavy atom. The molecule has 4 unspecified atom stereocenters. The molecule has 9 nitrogen and oxygen atoms in total. The summed E-state index contributed by atoms with van der Waals surface area (Å²) < 4.78 is 18.9. The fraction of sp³-hybridized carbons (Fsp3) is 0.667. The van der Waals surface area contributed by atoms with E-state index >= 15 is 0 Å². The van der Waals surface area contributed by atoms with Crippen molar-refractivity contribution < 1.29 is 38.2 Å². The number of hydrogen-bond donors (Lipinski definition) is 0. The van der Waals surface area contributed by atoms with Gasteiger partial charge in [-0.3, -0.25) is 14.4 Å². The quantitative estimate of drug-likeness (QED) is 0.197. The highest BCUT2D eigenvalue weighted by Gasteiger charge is 2.81. The molecule has 0 radical (unpaired) electrons. The molecule has 7 rings (SSSR count). The van der Waals surface area contributed by atoms with Crippen molar-refractivity contribution >= 4 is 23.7 Å². The van der Waals surface area contributed by atoms with Gasteiger partial charge in [0.15, 0.2) is 11.9 Å². The first-order chi connectivity index (χ1) is 24.1. The molecule has 1 heterocycles. The number of esters is 2. The number of rotatable bonds is 9. The summed E-state index contributed by atoms with van der Waals surface area (Å²) in [7, 11) is 1.72. The molecule has 0 amide bonds. The molecule has 1 aromatic rings. The van der Waals surface area contributed by atoms with E-state index in [-0.39, 0.29) is 69.7 Å². The molecule has 9 heteroatoms. The lowest BCUT2D eigenvalue weighted by atomic mass is 9.43. The predicted molar refractivity (Wildman–Crippen MR) is 189 cm³/mol. The van der Waals surface area contributed by atoms with Gasteiger partial charge in [0, 0.05) is 44.6 Å². The molecule has 5 aliphatic carbocycles. The maximum Gasteiger partial charge on any atom is 0.357 e. The van der Waals surface area contributed by atoms with E-state index in [1.54, 1.807) is 31.3 Å². The van der Waals surface area contributed by atoms with Crippen LogP contribution in [0.3, 0.4) is 0 Å². The van der Waals surface area contributed by atoms with Gasteiger partial charge in [-0.25, -0.2) is 4.79 Å². The number of carbonyl (C=O) groups excluding carboxylic acids is 4. The third-order valence-corrected chi connectivity index (χ3v) is 15.0. The minimum absolute atomic E-state index is 0.00503. The van der Waals surface area contributed by atoms with Crippen LogP contribution < -0.4 is 0 Å². The largest absolute Gasteiger partial charge is 0.493 e. The average Bonchev–Trinajstić information content (AvgIpc) is 3.53. The van der Waals surface area contributed by atoms with Gasteiger partial charge in [-0.05, 0) is 95.8 Å². The van der Waals surface area contributed by atoms with E-state index in [1.807, 2.05) is 12.1 Å². The number of likely N-dealkylation sites (N-methyl/N-ethyl adjacent to an activating group) is 1. The van der Waals surface area contributed by atoms with Gasteiger partial charge < -0.3 is 19.0 Å². The summed E-state index contributed by atoms with van der Waals surface area (Å²) in [6.45, 7) is 14.8. The molecular formula is C42H55NO8. The van der Waals surface area contributed by atoms with Crippen molar-refractivity contribution in [2.24, 2.45) is 57.2 Å². The first-order valence-corrected chi connectivity index (χ1v) is 19.0. The number of ether oxygens (including phenoxy) is 3. The third-order valence-electron chi connectivity index (χ3n) is 15.0. The molecule has 0 N–H and O–H groups in total. The van der Waals surface area contributed by atoms with Crippen LogP contribution in [0.5, 0.6) is 0 Å². The SMILES string of the molecule is CC(=O)O[C@H]1C[C@@]2(C)[C@@H]3CC[C@H]4[C@H](C)C(=O)C=CC45CC35CC[C@]2(C)[C@H]1C(C)[C@@H](OC(C)=O)C1=C(CN(C)OC(=O)c2ccccc2)C(C)CO1.